The molecule has 6 heteroatoms. The van der Waals surface area contributed by atoms with E-state index in [1.165, 1.54) is 366 Å². The fourth-order valence-electron chi connectivity index (χ4n) is 12.4. The number of aliphatic hydroxyl groups excluding tert-OH is 2. The first-order valence-corrected chi connectivity index (χ1v) is 39.3. The van der Waals surface area contributed by atoms with Crippen LogP contribution in [0.4, 0.5) is 0 Å². The first-order chi connectivity index (χ1) is 42.5. The molecule has 0 aliphatic rings. The van der Waals surface area contributed by atoms with E-state index in [9.17, 15) is 19.8 Å². The lowest BCUT2D eigenvalue weighted by molar-refractivity contribution is -0.143. The molecule has 0 radical (unpaired) electrons. The second-order valence-electron chi connectivity index (χ2n) is 27.0. The second kappa shape index (κ2) is 75.5. The second-order valence-corrected chi connectivity index (χ2v) is 27.0. The molecule has 0 rings (SSSR count). The van der Waals surface area contributed by atoms with E-state index in [0.717, 1.165) is 44.9 Å². The molecule has 0 saturated heterocycles. The smallest absolute Gasteiger partial charge is 0.305 e. The van der Waals surface area contributed by atoms with Crippen molar-refractivity contribution in [3.05, 3.63) is 36.5 Å². The molecular formula is C80H153NO5. The van der Waals surface area contributed by atoms with Crippen LogP contribution in [0.2, 0.25) is 0 Å². The van der Waals surface area contributed by atoms with Gasteiger partial charge in [0.1, 0.15) is 0 Å². The predicted molar refractivity (Wildman–Crippen MR) is 379 cm³/mol. The molecule has 508 valence electrons. The van der Waals surface area contributed by atoms with E-state index in [0.29, 0.717) is 19.4 Å². The molecule has 0 heterocycles. The summed E-state index contributed by atoms with van der Waals surface area (Å²) < 4.78 is 5.49. The third-order valence-electron chi connectivity index (χ3n) is 18.4. The summed E-state index contributed by atoms with van der Waals surface area (Å²) in [6, 6.07) is -0.629. The summed E-state index contributed by atoms with van der Waals surface area (Å²) in [5.41, 5.74) is 0. The highest BCUT2D eigenvalue weighted by Crippen LogP contribution is 2.19. The maximum atomic E-state index is 12.6. The van der Waals surface area contributed by atoms with Gasteiger partial charge in [0.15, 0.2) is 0 Å². The molecule has 2 unspecified atom stereocenters. The zero-order valence-electron chi connectivity index (χ0n) is 58.3. The van der Waals surface area contributed by atoms with Crippen LogP contribution < -0.4 is 5.32 Å². The molecule has 0 bridgehead atoms. The Morgan fingerprint density at radius 1 is 0.326 bits per heavy atom. The summed E-state index contributed by atoms with van der Waals surface area (Å²) in [7, 11) is 0. The monoisotopic (exact) mass is 1210 g/mol. The zero-order chi connectivity index (χ0) is 62.0. The number of hydrogen-bond donors (Lipinski definition) is 3. The fraction of sp³-hybridized carbons (Fsp3) is 0.900. The van der Waals surface area contributed by atoms with Gasteiger partial charge in [0.2, 0.25) is 5.91 Å². The molecule has 6 nitrogen and oxygen atoms in total. The van der Waals surface area contributed by atoms with Crippen LogP contribution in [0.25, 0.3) is 0 Å². The average Bonchev–Trinajstić information content (AvgIpc) is 3.56. The summed E-state index contributed by atoms with van der Waals surface area (Å²) >= 11 is 0. The number of nitrogens with one attached hydrogen (secondary N) is 1. The predicted octanol–water partition coefficient (Wildman–Crippen LogP) is 25.8. The molecule has 0 aromatic carbocycles. The van der Waals surface area contributed by atoms with Crippen LogP contribution in [0.1, 0.15) is 438 Å². The minimum atomic E-state index is -0.846. The molecule has 0 aliphatic carbocycles. The van der Waals surface area contributed by atoms with Crippen molar-refractivity contribution < 1.29 is 24.5 Å². The number of allylic oxidation sites excluding steroid dienone is 5. The molecule has 1 amide bonds. The van der Waals surface area contributed by atoms with Gasteiger partial charge in [0, 0.05) is 12.8 Å². The highest BCUT2D eigenvalue weighted by Gasteiger charge is 2.18. The molecule has 0 saturated carbocycles. The summed E-state index contributed by atoms with van der Waals surface area (Å²) in [5.74, 6) is -0.0473. The van der Waals surface area contributed by atoms with Crippen molar-refractivity contribution in [3.63, 3.8) is 0 Å². The topological polar surface area (TPSA) is 95.9 Å². The minimum absolute atomic E-state index is 0.0151. The number of ether oxygens (including phenoxy) is 1. The van der Waals surface area contributed by atoms with Crippen molar-refractivity contribution in [2.24, 2.45) is 0 Å². The van der Waals surface area contributed by atoms with Crippen molar-refractivity contribution in [2.75, 3.05) is 13.2 Å². The lowest BCUT2D eigenvalue weighted by atomic mass is 10.0. The number of aliphatic hydroxyl groups is 2. The van der Waals surface area contributed by atoms with E-state index in [1.807, 2.05) is 6.08 Å². The van der Waals surface area contributed by atoms with Crippen LogP contribution >= 0.6 is 0 Å². The Labute approximate surface area is 538 Å². The van der Waals surface area contributed by atoms with Gasteiger partial charge >= 0.3 is 5.97 Å². The molecule has 0 aromatic heterocycles. The molecule has 3 N–H and O–H groups in total. The first kappa shape index (κ1) is 84.1. The number of rotatable bonds is 74. The van der Waals surface area contributed by atoms with E-state index in [-0.39, 0.29) is 18.5 Å². The van der Waals surface area contributed by atoms with Crippen molar-refractivity contribution in [3.8, 4) is 0 Å². The van der Waals surface area contributed by atoms with Crippen LogP contribution in [-0.2, 0) is 14.3 Å². The lowest BCUT2D eigenvalue weighted by Crippen LogP contribution is -2.45. The van der Waals surface area contributed by atoms with Gasteiger partial charge in [-0.25, -0.2) is 0 Å². The Morgan fingerprint density at radius 2 is 0.581 bits per heavy atom. The maximum absolute atomic E-state index is 12.6. The van der Waals surface area contributed by atoms with E-state index in [4.69, 9.17) is 4.74 Å². The third kappa shape index (κ3) is 71.2. The molecule has 0 spiro atoms. The van der Waals surface area contributed by atoms with E-state index < -0.39 is 12.1 Å². The Kier molecular flexibility index (Phi) is 73.9. The molecule has 86 heavy (non-hydrogen) atoms. The number of hydrogen-bond acceptors (Lipinski definition) is 5. The van der Waals surface area contributed by atoms with Crippen LogP contribution in [-0.4, -0.2) is 47.4 Å². The highest BCUT2D eigenvalue weighted by molar-refractivity contribution is 5.76. The summed E-state index contributed by atoms with van der Waals surface area (Å²) in [6.07, 6.45) is 98.3. The maximum Gasteiger partial charge on any atom is 0.305 e. The van der Waals surface area contributed by atoms with Gasteiger partial charge in [-0.3, -0.25) is 9.59 Å². The summed E-state index contributed by atoms with van der Waals surface area (Å²) in [5, 5.41) is 23.3. The largest absolute Gasteiger partial charge is 0.466 e. The fourth-order valence-corrected chi connectivity index (χ4v) is 12.4. The number of carbonyl (C=O) groups excluding carboxylic acids is 2. The van der Waals surface area contributed by atoms with E-state index in [2.05, 4.69) is 43.5 Å². The zero-order valence-corrected chi connectivity index (χ0v) is 58.3. The van der Waals surface area contributed by atoms with Crippen LogP contribution in [0.5, 0.6) is 0 Å². The van der Waals surface area contributed by atoms with Crippen molar-refractivity contribution in [2.45, 2.75) is 450 Å². The number of esters is 1. The minimum Gasteiger partial charge on any atom is -0.466 e. The normalized spacial score (nSPS) is 12.7. The van der Waals surface area contributed by atoms with Crippen LogP contribution in [0.15, 0.2) is 36.5 Å². The Hall–Kier alpha value is -1.92. The van der Waals surface area contributed by atoms with Gasteiger partial charge < -0.3 is 20.3 Å². The highest BCUT2D eigenvalue weighted by atomic mass is 16.5. The third-order valence-corrected chi connectivity index (χ3v) is 18.4. The van der Waals surface area contributed by atoms with Gasteiger partial charge in [-0.1, -0.05) is 397 Å². The number of unbranched alkanes of at least 4 members (excludes halogenated alkanes) is 59. The molecule has 0 aromatic rings. The van der Waals surface area contributed by atoms with Gasteiger partial charge in [0.05, 0.1) is 25.4 Å². The Balaban J connectivity index is 3.41. The van der Waals surface area contributed by atoms with Crippen molar-refractivity contribution >= 4 is 11.9 Å². The standard InChI is InChI=1S/C80H153NO5/c1-3-5-7-9-11-13-15-17-18-19-20-21-22-30-33-36-39-42-45-49-52-56-60-64-68-72-78(83)77(76-82)81-79(84)73-69-65-61-57-53-50-46-43-40-37-34-31-28-26-24-23-25-27-29-32-35-38-41-44-47-51-55-59-63-67-71-75-86-80(85)74-70-66-62-58-54-48-16-14-12-10-8-6-4-2/h25,27,32,35,68,72,77-78,82-83H,3-24,26,28-31,33-34,36-67,69-71,73-76H2,1-2H3,(H,81,84)/b27-25-,35-32-,72-68+. The van der Waals surface area contributed by atoms with Gasteiger partial charge in [-0.05, 0) is 64.2 Å². The average molecular weight is 1210 g/mol. The van der Waals surface area contributed by atoms with Crippen molar-refractivity contribution in [1.82, 2.24) is 5.32 Å². The number of carbonyl (C=O) groups is 2. The molecular weight excluding hydrogens is 1050 g/mol. The van der Waals surface area contributed by atoms with E-state index in [1.54, 1.807) is 6.08 Å². The van der Waals surface area contributed by atoms with E-state index >= 15 is 0 Å². The number of amides is 1. The summed E-state index contributed by atoms with van der Waals surface area (Å²) in [6.45, 7) is 4.95. The van der Waals surface area contributed by atoms with Gasteiger partial charge in [-0.2, -0.15) is 0 Å². The molecule has 2 atom stereocenters. The van der Waals surface area contributed by atoms with Crippen LogP contribution in [0, 0.1) is 0 Å². The SMILES string of the molecule is CCCCCCCCCCCCCCCCCCCCCCCCC/C=C/C(O)C(CO)NC(=O)CCCCCCCCCCCCCCCCC/C=C\C/C=C\CCCCCCCCCCCOC(=O)CCCCCCCCCCCCCCC. The Bertz CT molecular complexity index is 1390. The molecule has 0 aliphatic heterocycles. The van der Waals surface area contributed by atoms with Gasteiger partial charge in [0.25, 0.3) is 0 Å². The van der Waals surface area contributed by atoms with Crippen LogP contribution in [0.3, 0.4) is 0 Å². The Morgan fingerprint density at radius 3 is 0.884 bits per heavy atom. The lowest BCUT2D eigenvalue weighted by Gasteiger charge is -2.20. The molecule has 0 fully saturated rings. The summed E-state index contributed by atoms with van der Waals surface area (Å²) in [4.78, 5) is 24.6. The van der Waals surface area contributed by atoms with Crippen molar-refractivity contribution in [1.29, 1.82) is 0 Å². The first-order valence-electron chi connectivity index (χ1n) is 39.3. The quantitative estimate of drug-likeness (QED) is 0.0320. The van der Waals surface area contributed by atoms with Gasteiger partial charge in [-0.15, -0.1) is 0 Å².